The van der Waals surface area contributed by atoms with Crippen LogP contribution in [0, 0.1) is 0 Å². The van der Waals surface area contributed by atoms with Crippen LogP contribution in [0.1, 0.15) is 25.0 Å². The molecule has 1 nitrogen and oxygen atoms in total. The van der Waals surface area contributed by atoms with Gasteiger partial charge in [-0.3, -0.25) is 0 Å². The first-order valence-corrected chi connectivity index (χ1v) is 15.6. The van der Waals surface area contributed by atoms with Crippen molar-refractivity contribution in [2.75, 3.05) is 4.90 Å². The van der Waals surface area contributed by atoms with Crippen molar-refractivity contribution in [1.29, 1.82) is 0 Å². The Balaban J connectivity index is 1.45. The summed E-state index contributed by atoms with van der Waals surface area (Å²) >= 11 is 0. The molecule has 41 heavy (non-hydrogen) atoms. The van der Waals surface area contributed by atoms with Gasteiger partial charge >= 0.3 is 0 Å². The minimum Gasteiger partial charge on any atom is -0.309 e. The second kappa shape index (κ2) is 9.30. The van der Waals surface area contributed by atoms with Crippen molar-refractivity contribution in [3.05, 3.63) is 157 Å². The van der Waals surface area contributed by atoms with Gasteiger partial charge in [0, 0.05) is 21.7 Å². The normalized spacial score (nSPS) is 16.0. The average Bonchev–Trinajstić information content (AvgIpc) is 3.27. The summed E-state index contributed by atoms with van der Waals surface area (Å²) in [5, 5.41) is 4.26. The maximum Gasteiger partial charge on any atom is 0.0551 e. The van der Waals surface area contributed by atoms with E-state index in [1.807, 2.05) is 0 Å². The third kappa shape index (κ3) is 3.66. The van der Waals surface area contributed by atoms with Gasteiger partial charge < -0.3 is 4.90 Å². The van der Waals surface area contributed by atoms with Gasteiger partial charge in [0.15, 0.2) is 0 Å². The molecule has 0 aromatic heterocycles. The molecule has 0 N–H and O–H groups in total. The van der Waals surface area contributed by atoms with Gasteiger partial charge in [0.25, 0.3) is 0 Å². The second-order valence-corrected chi connectivity index (χ2v) is 13.6. The number of benzene rings is 6. The Kier molecular flexibility index (Phi) is 5.52. The largest absolute Gasteiger partial charge is 0.309 e. The zero-order valence-corrected chi connectivity index (χ0v) is 24.1. The molecule has 196 valence electrons. The van der Waals surface area contributed by atoms with Crippen molar-refractivity contribution >= 4 is 40.9 Å². The number of hydrogen-bond acceptors (Lipinski definition) is 1. The van der Waals surface area contributed by atoms with Crippen molar-refractivity contribution in [2.24, 2.45) is 0 Å². The maximum atomic E-state index is 2.48. The molecule has 1 atom stereocenters. The Labute approximate surface area is 243 Å². The van der Waals surface area contributed by atoms with Gasteiger partial charge in [0.2, 0.25) is 0 Å². The molecule has 1 heterocycles. The molecule has 2 aliphatic rings. The second-order valence-electron chi connectivity index (χ2n) is 11.4. The third-order valence-corrected chi connectivity index (χ3v) is 11.3. The molecule has 0 fully saturated rings. The third-order valence-electron chi connectivity index (χ3n) is 8.76. The summed E-state index contributed by atoms with van der Waals surface area (Å²) in [5.41, 5.74) is 11.8. The molecule has 6 aromatic carbocycles. The van der Waals surface area contributed by atoms with Crippen LogP contribution in [0.15, 0.2) is 146 Å². The van der Waals surface area contributed by atoms with Crippen molar-refractivity contribution in [3.8, 4) is 22.3 Å². The first kappa shape index (κ1) is 24.4. The van der Waals surface area contributed by atoms with Crippen LogP contribution in [0.2, 0.25) is 0 Å². The van der Waals surface area contributed by atoms with Gasteiger partial charge in [-0.25, -0.2) is 0 Å². The molecule has 2 heteroatoms. The Hall–Kier alpha value is -4.45. The van der Waals surface area contributed by atoms with Crippen LogP contribution in [0.5, 0.6) is 0 Å². The van der Waals surface area contributed by atoms with Gasteiger partial charge in [-0.1, -0.05) is 129 Å². The molecule has 1 aliphatic heterocycles. The smallest absolute Gasteiger partial charge is 0.0551 e. The van der Waals surface area contributed by atoms with Gasteiger partial charge in [-0.15, -0.1) is 0 Å². The Morgan fingerprint density at radius 1 is 0.537 bits per heavy atom. The molecule has 0 bridgehead atoms. The molecule has 1 unspecified atom stereocenters. The molecule has 0 saturated heterocycles. The van der Waals surface area contributed by atoms with Gasteiger partial charge in [-0.2, -0.15) is 0 Å². The van der Waals surface area contributed by atoms with E-state index in [-0.39, 0.29) is 5.41 Å². The van der Waals surface area contributed by atoms with E-state index in [0.29, 0.717) is 0 Å². The number of nitrogens with zero attached hydrogens (tertiary/aromatic N) is 1. The lowest BCUT2D eigenvalue weighted by Crippen LogP contribution is -2.35. The van der Waals surface area contributed by atoms with E-state index in [9.17, 15) is 0 Å². The van der Waals surface area contributed by atoms with E-state index in [1.54, 1.807) is 0 Å². The summed E-state index contributed by atoms with van der Waals surface area (Å²) in [6.45, 7) is 4.80. The van der Waals surface area contributed by atoms with E-state index >= 15 is 0 Å². The highest BCUT2D eigenvalue weighted by molar-refractivity contribution is 7.80. The van der Waals surface area contributed by atoms with Gasteiger partial charge in [0.1, 0.15) is 0 Å². The Morgan fingerprint density at radius 2 is 1.20 bits per heavy atom. The highest BCUT2D eigenvalue weighted by Crippen LogP contribution is 2.57. The quantitative estimate of drug-likeness (QED) is 0.201. The molecule has 6 aromatic rings. The minimum atomic E-state index is -0.777. The highest BCUT2D eigenvalue weighted by atomic mass is 31.1. The molecule has 0 amide bonds. The van der Waals surface area contributed by atoms with Crippen molar-refractivity contribution < 1.29 is 0 Å². The summed E-state index contributed by atoms with van der Waals surface area (Å²) in [6, 6.07) is 53.7. The van der Waals surface area contributed by atoms with Crippen LogP contribution in [0.25, 0.3) is 22.3 Å². The fourth-order valence-corrected chi connectivity index (χ4v) is 9.56. The summed E-state index contributed by atoms with van der Waals surface area (Å²) < 4.78 is 0. The SMILES string of the molecule is CC1(C)c2cc(-c3ccccc3)ccc2-c2c1ccc1c2P(c2ccccc2)c2ccccc2N1c1ccccc1. The maximum absolute atomic E-state index is 2.48. The molecule has 0 spiro atoms. The van der Waals surface area contributed by atoms with E-state index in [0.717, 1.165) is 0 Å². The number of rotatable bonds is 3. The first-order valence-electron chi connectivity index (χ1n) is 14.3. The van der Waals surface area contributed by atoms with Crippen LogP contribution >= 0.6 is 7.92 Å². The topological polar surface area (TPSA) is 3.24 Å². The van der Waals surface area contributed by atoms with E-state index < -0.39 is 7.92 Å². The molecule has 1 aliphatic carbocycles. The van der Waals surface area contributed by atoms with Crippen LogP contribution in [-0.4, -0.2) is 0 Å². The Morgan fingerprint density at radius 3 is 1.95 bits per heavy atom. The van der Waals surface area contributed by atoms with Crippen molar-refractivity contribution in [3.63, 3.8) is 0 Å². The monoisotopic (exact) mass is 543 g/mol. The van der Waals surface area contributed by atoms with Crippen molar-refractivity contribution in [2.45, 2.75) is 19.3 Å². The number of anilines is 3. The molecule has 8 rings (SSSR count). The summed E-state index contributed by atoms with van der Waals surface area (Å²) in [4.78, 5) is 2.48. The van der Waals surface area contributed by atoms with Crippen LogP contribution in [0.4, 0.5) is 17.1 Å². The lowest BCUT2D eigenvalue weighted by molar-refractivity contribution is 0.661. The summed E-state index contributed by atoms with van der Waals surface area (Å²) in [6.07, 6.45) is 0. The lowest BCUT2D eigenvalue weighted by atomic mass is 9.81. The van der Waals surface area contributed by atoms with Gasteiger partial charge in [0.05, 0.1) is 11.4 Å². The number of hydrogen-bond donors (Lipinski definition) is 0. The van der Waals surface area contributed by atoms with Crippen molar-refractivity contribution in [1.82, 2.24) is 0 Å². The predicted molar refractivity (Wildman–Crippen MR) is 176 cm³/mol. The van der Waals surface area contributed by atoms with Crippen LogP contribution in [-0.2, 0) is 5.41 Å². The molecular weight excluding hydrogens is 513 g/mol. The standard InChI is InChI=1S/C39H30NP/c1-39(2)32-24-25-35-38(37(32)31-23-22-28(26-33(31)39)27-14-6-3-7-15-27)41(30-18-10-5-11-19-30)36-21-13-12-20-34(36)40(35)29-16-8-4-9-17-29/h3-26H,1-2H3. The molecule has 0 radical (unpaired) electrons. The average molecular weight is 544 g/mol. The Bertz CT molecular complexity index is 1910. The predicted octanol–water partition coefficient (Wildman–Crippen LogP) is 9.20. The van der Waals surface area contributed by atoms with E-state index in [2.05, 4.69) is 164 Å². The number of para-hydroxylation sites is 2. The minimum absolute atomic E-state index is 0.100. The molecular formula is C39H30NP. The van der Waals surface area contributed by atoms with E-state index in [1.165, 1.54) is 66.4 Å². The fourth-order valence-electron chi connectivity index (χ4n) is 6.81. The first-order chi connectivity index (χ1) is 20.1. The summed E-state index contributed by atoms with van der Waals surface area (Å²) in [5.74, 6) is 0. The zero-order valence-electron chi connectivity index (χ0n) is 23.3. The van der Waals surface area contributed by atoms with Crippen LogP contribution < -0.4 is 20.8 Å². The summed E-state index contributed by atoms with van der Waals surface area (Å²) in [7, 11) is -0.777. The zero-order chi connectivity index (χ0) is 27.6. The van der Waals surface area contributed by atoms with Crippen LogP contribution in [0.3, 0.4) is 0 Å². The molecule has 0 saturated carbocycles. The van der Waals surface area contributed by atoms with Gasteiger partial charge in [-0.05, 0) is 76.9 Å². The fraction of sp³-hybridized carbons (Fsp3) is 0.0769. The van der Waals surface area contributed by atoms with E-state index in [4.69, 9.17) is 0 Å². The lowest BCUT2D eigenvalue weighted by Gasteiger charge is -2.39. The number of fused-ring (bicyclic) bond motifs is 6. The highest BCUT2D eigenvalue weighted by Gasteiger charge is 2.42.